The molecule has 2 rings (SSSR count). The van der Waals surface area contributed by atoms with Gasteiger partial charge in [0.15, 0.2) is 0 Å². The van der Waals surface area contributed by atoms with E-state index in [-0.39, 0.29) is 13.1 Å². The standard InChI is InChI=1S/C18H20F3N3O4/c1-17(2,3)28-16(27)23-11-4-5-24(9-11)14-12(15(25)26)6-10(8-22)7-13(14)18(19,20)21/h6-7,11H,4-5,9H2,1-3H3,(H,23,27)(H,25,26). The molecule has 7 nitrogen and oxygen atoms in total. The molecule has 28 heavy (non-hydrogen) atoms. The van der Waals surface area contributed by atoms with Crippen molar-refractivity contribution in [1.82, 2.24) is 5.32 Å². The Labute approximate surface area is 159 Å². The fraction of sp³-hybridized carbons (Fsp3) is 0.500. The Morgan fingerprint density at radius 2 is 1.96 bits per heavy atom. The van der Waals surface area contributed by atoms with Crippen molar-refractivity contribution in [2.45, 2.75) is 45.0 Å². The molecule has 1 aliphatic rings. The van der Waals surface area contributed by atoms with Crippen LogP contribution in [0.2, 0.25) is 0 Å². The van der Waals surface area contributed by atoms with Crippen LogP contribution in [0.25, 0.3) is 0 Å². The van der Waals surface area contributed by atoms with Gasteiger partial charge in [-0.1, -0.05) is 0 Å². The summed E-state index contributed by atoms with van der Waals surface area (Å²) in [5, 5.41) is 20.9. The van der Waals surface area contributed by atoms with Gasteiger partial charge in [0.05, 0.1) is 34.5 Å². The van der Waals surface area contributed by atoms with Gasteiger partial charge in [-0.05, 0) is 39.3 Å². The van der Waals surface area contributed by atoms with E-state index in [1.165, 1.54) is 4.90 Å². The molecule has 152 valence electrons. The number of alkyl halides is 3. The third-order valence-electron chi connectivity index (χ3n) is 4.00. The van der Waals surface area contributed by atoms with Crippen LogP contribution < -0.4 is 10.2 Å². The first-order valence-corrected chi connectivity index (χ1v) is 8.45. The predicted molar refractivity (Wildman–Crippen MR) is 93.1 cm³/mol. The zero-order valence-electron chi connectivity index (χ0n) is 15.6. The SMILES string of the molecule is CC(C)(C)OC(=O)NC1CCN(c2c(C(=O)O)cc(C#N)cc2C(F)(F)F)C1. The monoisotopic (exact) mass is 399 g/mol. The summed E-state index contributed by atoms with van der Waals surface area (Å²) in [5.41, 5.74) is -3.43. The van der Waals surface area contributed by atoms with Gasteiger partial charge in [-0.3, -0.25) is 0 Å². The Morgan fingerprint density at radius 3 is 2.46 bits per heavy atom. The Hall–Kier alpha value is -2.96. The van der Waals surface area contributed by atoms with E-state index in [4.69, 9.17) is 10.00 Å². The average molecular weight is 399 g/mol. The van der Waals surface area contributed by atoms with Gasteiger partial charge >= 0.3 is 18.2 Å². The van der Waals surface area contributed by atoms with Crippen LogP contribution >= 0.6 is 0 Å². The van der Waals surface area contributed by atoms with E-state index in [0.29, 0.717) is 12.5 Å². The minimum atomic E-state index is -4.84. The van der Waals surface area contributed by atoms with Gasteiger partial charge in [0, 0.05) is 13.1 Å². The van der Waals surface area contributed by atoms with Crippen molar-refractivity contribution in [1.29, 1.82) is 5.26 Å². The number of carbonyl (C=O) groups excluding carboxylic acids is 1. The van der Waals surface area contributed by atoms with E-state index in [2.05, 4.69) is 5.32 Å². The van der Waals surface area contributed by atoms with E-state index >= 15 is 0 Å². The number of amides is 1. The van der Waals surface area contributed by atoms with Gasteiger partial charge in [0.25, 0.3) is 0 Å². The Kier molecular flexibility index (Phi) is 5.77. The maximum atomic E-state index is 13.5. The first kappa shape index (κ1) is 21.3. The summed E-state index contributed by atoms with van der Waals surface area (Å²) in [6.07, 6.45) is -5.23. The summed E-state index contributed by atoms with van der Waals surface area (Å²) in [4.78, 5) is 24.7. The second-order valence-corrected chi connectivity index (χ2v) is 7.41. The molecule has 10 heteroatoms. The highest BCUT2D eigenvalue weighted by molar-refractivity contribution is 5.96. The summed E-state index contributed by atoms with van der Waals surface area (Å²) in [5.74, 6) is -1.57. The highest BCUT2D eigenvalue weighted by atomic mass is 19.4. The lowest BCUT2D eigenvalue weighted by Gasteiger charge is -2.26. The largest absolute Gasteiger partial charge is 0.478 e. The number of nitrogens with zero attached hydrogens (tertiary/aromatic N) is 2. The number of aromatic carboxylic acids is 1. The van der Waals surface area contributed by atoms with Gasteiger partial charge in [0.1, 0.15) is 5.60 Å². The molecule has 0 spiro atoms. The molecule has 0 bridgehead atoms. The number of anilines is 1. The minimum Gasteiger partial charge on any atom is -0.478 e. The van der Waals surface area contributed by atoms with Crippen molar-refractivity contribution in [2.24, 2.45) is 0 Å². The second-order valence-electron chi connectivity index (χ2n) is 7.41. The third kappa shape index (κ3) is 5.06. The minimum absolute atomic E-state index is 0.0193. The number of benzene rings is 1. The molecule has 1 heterocycles. The zero-order chi connectivity index (χ0) is 21.3. The molecular formula is C18H20F3N3O4. The molecule has 0 aliphatic carbocycles. The maximum Gasteiger partial charge on any atom is 0.418 e. The highest BCUT2D eigenvalue weighted by Gasteiger charge is 2.40. The molecule has 2 N–H and O–H groups in total. The summed E-state index contributed by atoms with van der Waals surface area (Å²) in [7, 11) is 0. The third-order valence-corrected chi connectivity index (χ3v) is 4.00. The van der Waals surface area contributed by atoms with Crippen LogP contribution in [0, 0.1) is 11.3 Å². The summed E-state index contributed by atoms with van der Waals surface area (Å²) in [6.45, 7) is 5.13. The van der Waals surface area contributed by atoms with Crippen LogP contribution in [0.1, 0.15) is 48.7 Å². The topological polar surface area (TPSA) is 103 Å². The molecule has 1 unspecified atom stereocenters. The van der Waals surface area contributed by atoms with Crippen molar-refractivity contribution >= 4 is 17.7 Å². The summed E-state index contributed by atoms with van der Waals surface area (Å²) >= 11 is 0. The number of halogens is 3. The molecule has 1 aliphatic heterocycles. The molecule has 1 atom stereocenters. The second kappa shape index (κ2) is 7.58. The number of carbonyl (C=O) groups is 2. The van der Waals surface area contributed by atoms with Crippen molar-refractivity contribution in [2.75, 3.05) is 18.0 Å². The van der Waals surface area contributed by atoms with E-state index in [1.54, 1.807) is 26.8 Å². The summed E-state index contributed by atoms with van der Waals surface area (Å²) in [6, 6.07) is 2.60. The van der Waals surface area contributed by atoms with Gasteiger partial charge in [-0.25, -0.2) is 9.59 Å². The lowest BCUT2D eigenvalue weighted by atomic mass is 10.0. The van der Waals surface area contributed by atoms with Crippen molar-refractivity contribution < 1.29 is 32.6 Å². The molecule has 1 fully saturated rings. The molecule has 1 saturated heterocycles. The lowest BCUT2D eigenvalue weighted by molar-refractivity contribution is -0.137. The number of carboxylic acid groups (broad SMARTS) is 1. The normalized spacial score (nSPS) is 17.2. The van der Waals surface area contributed by atoms with Crippen LogP contribution in [-0.4, -0.2) is 41.9 Å². The van der Waals surface area contributed by atoms with Crippen molar-refractivity contribution in [3.05, 3.63) is 28.8 Å². The van der Waals surface area contributed by atoms with E-state index in [9.17, 15) is 27.9 Å². The average Bonchev–Trinajstić information content (AvgIpc) is 2.98. The number of rotatable bonds is 3. The van der Waals surface area contributed by atoms with Crippen LogP contribution in [-0.2, 0) is 10.9 Å². The van der Waals surface area contributed by atoms with Crippen LogP contribution in [0.4, 0.5) is 23.7 Å². The van der Waals surface area contributed by atoms with Crippen LogP contribution in [0.3, 0.4) is 0 Å². The molecule has 0 radical (unpaired) electrons. The number of alkyl carbamates (subject to hydrolysis) is 1. The molecule has 1 aromatic rings. The zero-order valence-corrected chi connectivity index (χ0v) is 15.6. The predicted octanol–water partition coefficient (Wildman–Crippen LogP) is 3.38. The molecule has 0 aromatic heterocycles. The quantitative estimate of drug-likeness (QED) is 0.808. The molecule has 1 amide bonds. The van der Waals surface area contributed by atoms with E-state index < -0.39 is 52.3 Å². The Bertz CT molecular complexity index is 825. The molecular weight excluding hydrogens is 379 g/mol. The van der Waals surface area contributed by atoms with Gasteiger partial charge in [0.2, 0.25) is 0 Å². The Morgan fingerprint density at radius 1 is 1.32 bits per heavy atom. The first-order valence-electron chi connectivity index (χ1n) is 8.45. The van der Waals surface area contributed by atoms with Crippen LogP contribution in [0.5, 0.6) is 0 Å². The maximum absolute atomic E-state index is 13.5. The fourth-order valence-electron chi connectivity index (χ4n) is 2.97. The van der Waals surface area contributed by atoms with Crippen LogP contribution in [0.15, 0.2) is 12.1 Å². The van der Waals surface area contributed by atoms with Gasteiger partial charge < -0.3 is 20.1 Å². The van der Waals surface area contributed by atoms with Gasteiger partial charge in [-0.2, -0.15) is 18.4 Å². The number of nitriles is 1. The number of carboxylic acids is 1. The van der Waals surface area contributed by atoms with E-state index in [0.717, 1.165) is 6.07 Å². The summed E-state index contributed by atoms with van der Waals surface area (Å²) < 4.78 is 45.7. The number of hydrogen-bond acceptors (Lipinski definition) is 5. The van der Waals surface area contributed by atoms with Crippen molar-refractivity contribution in [3.8, 4) is 6.07 Å². The number of nitrogens with one attached hydrogen (secondary N) is 1. The van der Waals surface area contributed by atoms with Gasteiger partial charge in [-0.15, -0.1) is 0 Å². The van der Waals surface area contributed by atoms with E-state index in [1.807, 2.05) is 0 Å². The Balaban J connectivity index is 2.34. The molecule has 0 saturated carbocycles. The highest BCUT2D eigenvalue weighted by Crippen LogP contribution is 2.40. The first-order chi connectivity index (χ1) is 12.8. The van der Waals surface area contributed by atoms with Crippen molar-refractivity contribution in [3.63, 3.8) is 0 Å². The lowest BCUT2D eigenvalue weighted by Crippen LogP contribution is -2.40. The molecule has 1 aromatic carbocycles. The smallest absolute Gasteiger partial charge is 0.418 e. The number of hydrogen-bond donors (Lipinski definition) is 2. The fourth-order valence-corrected chi connectivity index (χ4v) is 2.97. The number of ether oxygens (including phenoxy) is 1.